The number of ether oxygens (including phenoxy) is 1. The van der Waals surface area contributed by atoms with Gasteiger partial charge in [-0.25, -0.2) is 4.39 Å². The van der Waals surface area contributed by atoms with Gasteiger partial charge in [0, 0.05) is 5.92 Å². The minimum atomic E-state index is -0.948. The summed E-state index contributed by atoms with van der Waals surface area (Å²) in [6, 6.07) is 2.93. The predicted octanol–water partition coefficient (Wildman–Crippen LogP) is 4.54. The summed E-state index contributed by atoms with van der Waals surface area (Å²) in [5.74, 6) is 5.02. The highest BCUT2D eigenvalue weighted by Gasteiger charge is 2.17. The van der Waals surface area contributed by atoms with Gasteiger partial charge in [0.05, 0.1) is 12.2 Å². The number of rotatable bonds is 2. The van der Waals surface area contributed by atoms with Gasteiger partial charge in [-0.05, 0) is 50.7 Å². The third-order valence-electron chi connectivity index (χ3n) is 3.77. The van der Waals surface area contributed by atoms with Crippen LogP contribution in [-0.2, 0) is 0 Å². The molecule has 1 nitrogen and oxygen atoms in total. The molecule has 0 radical (unpaired) electrons. The molecule has 1 aromatic carbocycles. The van der Waals surface area contributed by atoms with Gasteiger partial charge in [0.25, 0.3) is 0 Å². The first-order valence-electron chi connectivity index (χ1n) is 7.24. The smallest absolute Gasteiger partial charge is 0.201 e. The fraction of sp³-hybridized carbons (Fsp3) is 0.529. The normalized spacial score (nSPS) is 22.0. The van der Waals surface area contributed by atoms with E-state index in [1.807, 2.05) is 0 Å². The van der Waals surface area contributed by atoms with E-state index in [4.69, 9.17) is 4.74 Å². The van der Waals surface area contributed by atoms with Crippen LogP contribution >= 0.6 is 0 Å². The summed E-state index contributed by atoms with van der Waals surface area (Å²) in [6.45, 7) is 4.28. The molecule has 0 heterocycles. The van der Waals surface area contributed by atoms with Crippen molar-refractivity contribution in [2.45, 2.75) is 39.5 Å². The van der Waals surface area contributed by atoms with E-state index >= 15 is 0 Å². The van der Waals surface area contributed by atoms with E-state index in [0.717, 1.165) is 18.8 Å². The fourth-order valence-corrected chi connectivity index (χ4v) is 2.48. The summed E-state index contributed by atoms with van der Waals surface area (Å²) in [5.41, 5.74) is 0.115. The average molecular weight is 278 g/mol. The van der Waals surface area contributed by atoms with Crippen molar-refractivity contribution in [3.8, 4) is 17.6 Å². The van der Waals surface area contributed by atoms with Crippen LogP contribution in [0, 0.1) is 35.3 Å². The van der Waals surface area contributed by atoms with E-state index in [1.165, 1.54) is 25.0 Å². The Morgan fingerprint density at radius 1 is 1.15 bits per heavy atom. The molecule has 0 bridgehead atoms. The zero-order valence-electron chi connectivity index (χ0n) is 12.0. The maximum Gasteiger partial charge on any atom is 0.201 e. The van der Waals surface area contributed by atoms with E-state index in [1.54, 1.807) is 6.92 Å². The SMILES string of the molecule is CCOc1ccc(C#C[C@H]2CC[C@H](C)CC2)c(F)c1F. The molecule has 1 aliphatic carbocycles. The van der Waals surface area contributed by atoms with E-state index in [2.05, 4.69) is 18.8 Å². The van der Waals surface area contributed by atoms with Gasteiger partial charge in [0.15, 0.2) is 11.6 Å². The van der Waals surface area contributed by atoms with Crippen LogP contribution in [-0.4, -0.2) is 6.61 Å². The molecule has 0 saturated heterocycles. The van der Waals surface area contributed by atoms with E-state index in [0.29, 0.717) is 12.5 Å². The molecule has 0 amide bonds. The lowest BCUT2D eigenvalue weighted by Crippen LogP contribution is -2.10. The Labute approximate surface area is 119 Å². The first kappa shape index (κ1) is 14.8. The molecule has 0 spiro atoms. The maximum atomic E-state index is 13.8. The number of halogens is 2. The van der Waals surface area contributed by atoms with Gasteiger partial charge in [0.2, 0.25) is 5.82 Å². The Balaban J connectivity index is 2.12. The number of hydrogen-bond donors (Lipinski definition) is 0. The van der Waals surface area contributed by atoms with E-state index < -0.39 is 11.6 Å². The van der Waals surface area contributed by atoms with Crippen LogP contribution in [0.2, 0.25) is 0 Å². The Kier molecular flexibility index (Phi) is 5.00. The van der Waals surface area contributed by atoms with Crippen molar-refractivity contribution in [1.29, 1.82) is 0 Å². The highest BCUT2D eigenvalue weighted by atomic mass is 19.2. The largest absolute Gasteiger partial charge is 0.491 e. The van der Waals surface area contributed by atoms with Crippen molar-refractivity contribution < 1.29 is 13.5 Å². The van der Waals surface area contributed by atoms with Crippen LogP contribution < -0.4 is 4.74 Å². The molecule has 108 valence electrons. The van der Waals surface area contributed by atoms with Crippen LogP contribution in [0.1, 0.15) is 45.1 Å². The highest BCUT2D eigenvalue weighted by Crippen LogP contribution is 2.28. The van der Waals surface area contributed by atoms with Gasteiger partial charge in [-0.1, -0.05) is 18.8 Å². The molecule has 20 heavy (non-hydrogen) atoms. The summed E-state index contributed by atoms with van der Waals surface area (Å²) in [5, 5.41) is 0. The Morgan fingerprint density at radius 3 is 2.50 bits per heavy atom. The molecule has 0 unspecified atom stereocenters. The molecular weight excluding hydrogens is 258 g/mol. The van der Waals surface area contributed by atoms with Crippen LogP contribution in [0.5, 0.6) is 5.75 Å². The molecule has 3 heteroatoms. The maximum absolute atomic E-state index is 13.8. The monoisotopic (exact) mass is 278 g/mol. The van der Waals surface area contributed by atoms with Gasteiger partial charge in [-0.3, -0.25) is 0 Å². The molecule has 1 aliphatic rings. The number of hydrogen-bond acceptors (Lipinski definition) is 1. The quantitative estimate of drug-likeness (QED) is 0.722. The molecule has 0 aromatic heterocycles. The molecule has 2 rings (SSSR count). The Hall–Kier alpha value is -1.56. The molecule has 1 saturated carbocycles. The molecular formula is C17H20F2O. The lowest BCUT2D eigenvalue weighted by atomic mass is 9.83. The minimum Gasteiger partial charge on any atom is -0.491 e. The second-order valence-electron chi connectivity index (χ2n) is 5.40. The topological polar surface area (TPSA) is 9.23 Å². The minimum absolute atomic E-state index is 0.0537. The molecule has 0 atom stereocenters. The fourth-order valence-electron chi connectivity index (χ4n) is 2.48. The molecule has 1 fully saturated rings. The van der Waals surface area contributed by atoms with Gasteiger partial charge in [0.1, 0.15) is 0 Å². The molecule has 1 aromatic rings. The standard InChI is InChI=1S/C17H20F2O/c1-3-20-15-11-10-14(16(18)17(15)19)9-8-13-6-4-12(2)5-7-13/h10-13H,3-7H2,1-2H3/t12-,13-. The summed E-state index contributed by atoms with van der Waals surface area (Å²) in [6.07, 6.45) is 4.43. The first-order valence-corrected chi connectivity index (χ1v) is 7.24. The summed E-state index contributed by atoms with van der Waals surface area (Å²) >= 11 is 0. The van der Waals surface area contributed by atoms with Crippen molar-refractivity contribution >= 4 is 0 Å². The van der Waals surface area contributed by atoms with Crippen molar-refractivity contribution in [2.75, 3.05) is 6.61 Å². The van der Waals surface area contributed by atoms with Crippen LogP contribution in [0.15, 0.2) is 12.1 Å². The van der Waals surface area contributed by atoms with Gasteiger partial charge in [-0.2, -0.15) is 4.39 Å². The Morgan fingerprint density at radius 2 is 1.85 bits per heavy atom. The molecule has 0 N–H and O–H groups in total. The summed E-state index contributed by atoms with van der Waals surface area (Å²) < 4.78 is 32.6. The van der Waals surface area contributed by atoms with Crippen LogP contribution in [0.4, 0.5) is 8.78 Å². The van der Waals surface area contributed by atoms with Crippen LogP contribution in [0.3, 0.4) is 0 Å². The zero-order valence-corrected chi connectivity index (χ0v) is 12.0. The first-order chi connectivity index (χ1) is 9.61. The third-order valence-corrected chi connectivity index (χ3v) is 3.77. The summed E-state index contributed by atoms with van der Waals surface area (Å²) in [4.78, 5) is 0. The Bertz CT molecular complexity index is 520. The van der Waals surface area contributed by atoms with Crippen LogP contribution in [0.25, 0.3) is 0 Å². The predicted molar refractivity (Wildman–Crippen MR) is 75.5 cm³/mol. The average Bonchev–Trinajstić information content (AvgIpc) is 2.45. The van der Waals surface area contributed by atoms with Gasteiger partial charge >= 0.3 is 0 Å². The highest BCUT2D eigenvalue weighted by molar-refractivity contribution is 5.41. The number of benzene rings is 1. The van der Waals surface area contributed by atoms with Crippen molar-refractivity contribution in [3.05, 3.63) is 29.3 Å². The summed E-state index contributed by atoms with van der Waals surface area (Å²) in [7, 11) is 0. The van der Waals surface area contributed by atoms with E-state index in [9.17, 15) is 8.78 Å². The zero-order chi connectivity index (χ0) is 14.5. The third kappa shape index (κ3) is 3.50. The second kappa shape index (κ2) is 6.74. The lowest BCUT2D eigenvalue weighted by Gasteiger charge is -2.21. The second-order valence-corrected chi connectivity index (χ2v) is 5.40. The van der Waals surface area contributed by atoms with E-state index in [-0.39, 0.29) is 11.3 Å². The molecule has 0 aliphatic heterocycles. The van der Waals surface area contributed by atoms with Gasteiger partial charge < -0.3 is 4.74 Å². The van der Waals surface area contributed by atoms with Gasteiger partial charge in [-0.15, -0.1) is 0 Å². The lowest BCUT2D eigenvalue weighted by molar-refractivity contribution is 0.314. The van der Waals surface area contributed by atoms with Crippen molar-refractivity contribution in [2.24, 2.45) is 11.8 Å². The van der Waals surface area contributed by atoms with Crippen molar-refractivity contribution in [3.63, 3.8) is 0 Å². The van der Waals surface area contributed by atoms with Crippen molar-refractivity contribution in [1.82, 2.24) is 0 Å².